The van der Waals surface area contributed by atoms with Crippen LogP contribution in [0.15, 0.2) is 30.3 Å². The van der Waals surface area contributed by atoms with Crippen molar-refractivity contribution in [2.45, 2.75) is 25.8 Å². The fourth-order valence-corrected chi connectivity index (χ4v) is 3.80. The van der Waals surface area contributed by atoms with E-state index in [1.54, 1.807) is 6.07 Å². The molecule has 0 radical (unpaired) electrons. The van der Waals surface area contributed by atoms with Gasteiger partial charge in [0.05, 0.1) is 16.0 Å². The fraction of sp³-hybridized carbons (Fsp3) is 0.316. The Balaban J connectivity index is 1.58. The molecule has 8 heteroatoms. The Morgan fingerprint density at radius 3 is 2.44 bits per heavy atom. The molecule has 3 rings (SSSR count). The zero-order valence-corrected chi connectivity index (χ0v) is 15.5. The molecule has 2 aromatic rings. The number of piperidine rings is 1. The van der Waals surface area contributed by atoms with Crippen LogP contribution in [-0.2, 0) is 0 Å². The van der Waals surface area contributed by atoms with E-state index < -0.39 is 17.7 Å². The largest absolute Gasteiger partial charge is 0.478 e. The lowest BCUT2D eigenvalue weighted by Crippen LogP contribution is -2.46. The summed E-state index contributed by atoms with van der Waals surface area (Å²) >= 11 is 1.43. The highest BCUT2D eigenvalue weighted by molar-refractivity contribution is 7.13. The van der Waals surface area contributed by atoms with Crippen LogP contribution >= 0.6 is 11.3 Å². The molecule has 2 amide bonds. The molecule has 0 aliphatic carbocycles. The summed E-state index contributed by atoms with van der Waals surface area (Å²) in [6, 6.07) is 6.92. The van der Waals surface area contributed by atoms with Crippen LogP contribution in [0.5, 0.6) is 0 Å². The van der Waals surface area contributed by atoms with E-state index in [1.807, 2.05) is 13.0 Å². The van der Waals surface area contributed by atoms with Gasteiger partial charge in [-0.05, 0) is 50.1 Å². The first-order valence-corrected chi connectivity index (χ1v) is 9.36. The molecule has 0 saturated carbocycles. The molecule has 1 aliphatic heterocycles. The average Bonchev–Trinajstić information content (AvgIpc) is 3.08. The number of hydrogen-bond donors (Lipinski definition) is 2. The maximum absolute atomic E-state index is 14.1. The van der Waals surface area contributed by atoms with Crippen molar-refractivity contribution in [3.63, 3.8) is 0 Å². The topological polar surface area (TPSA) is 86.7 Å². The summed E-state index contributed by atoms with van der Waals surface area (Å²) in [5.41, 5.74) is -0.342. The van der Waals surface area contributed by atoms with E-state index in [4.69, 9.17) is 5.11 Å². The first-order valence-electron chi connectivity index (χ1n) is 8.54. The minimum Gasteiger partial charge on any atom is -0.478 e. The van der Waals surface area contributed by atoms with Gasteiger partial charge in [-0.2, -0.15) is 0 Å². The molecule has 6 nitrogen and oxygen atoms in total. The number of halogens is 1. The maximum Gasteiger partial charge on any atom is 0.335 e. The number of carbonyl (C=O) groups excluding carboxylic acids is 2. The highest BCUT2D eigenvalue weighted by Gasteiger charge is 2.27. The van der Waals surface area contributed by atoms with E-state index >= 15 is 0 Å². The van der Waals surface area contributed by atoms with Crippen molar-refractivity contribution in [2.75, 3.05) is 13.1 Å². The summed E-state index contributed by atoms with van der Waals surface area (Å²) in [4.78, 5) is 38.8. The van der Waals surface area contributed by atoms with Gasteiger partial charge in [0.25, 0.3) is 11.8 Å². The Labute approximate surface area is 159 Å². The summed E-state index contributed by atoms with van der Waals surface area (Å²) in [6.45, 7) is 2.73. The number of nitrogens with one attached hydrogen (secondary N) is 1. The van der Waals surface area contributed by atoms with E-state index in [2.05, 4.69) is 5.32 Å². The zero-order valence-electron chi connectivity index (χ0n) is 14.7. The van der Waals surface area contributed by atoms with Gasteiger partial charge in [-0.3, -0.25) is 9.59 Å². The van der Waals surface area contributed by atoms with Gasteiger partial charge in [0, 0.05) is 24.0 Å². The zero-order chi connectivity index (χ0) is 19.6. The van der Waals surface area contributed by atoms with Crippen LogP contribution in [-0.4, -0.2) is 46.9 Å². The lowest BCUT2D eigenvalue weighted by atomic mass is 10.0. The summed E-state index contributed by atoms with van der Waals surface area (Å²) in [7, 11) is 0. The summed E-state index contributed by atoms with van der Waals surface area (Å²) in [6.07, 6.45) is 1.16. The molecule has 1 aromatic carbocycles. The molecule has 2 heterocycles. The van der Waals surface area contributed by atoms with Crippen LogP contribution in [0.1, 0.15) is 48.1 Å². The highest BCUT2D eigenvalue weighted by atomic mass is 32.1. The minimum atomic E-state index is -1.25. The molecule has 0 spiro atoms. The van der Waals surface area contributed by atoms with E-state index in [0.717, 1.165) is 10.9 Å². The van der Waals surface area contributed by atoms with Gasteiger partial charge in [-0.1, -0.05) is 0 Å². The second-order valence-corrected chi connectivity index (χ2v) is 7.74. The Morgan fingerprint density at radius 1 is 1.19 bits per heavy atom. The SMILES string of the molecule is Cc1ccc(C(=O)NC2CCN(C(=O)c3ccc(C(=O)O)cc3F)CC2)s1. The molecule has 0 unspecified atom stereocenters. The van der Waals surface area contributed by atoms with Gasteiger partial charge >= 0.3 is 5.97 Å². The number of hydrogen-bond acceptors (Lipinski definition) is 4. The van der Waals surface area contributed by atoms with Crippen molar-refractivity contribution in [1.82, 2.24) is 10.2 Å². The number of carboxylic acid groups (broad SMARTS) is 1. The van der Waals surface area contributed by atoms with Crippen molar-refractivity contribution in [1.29, 1.82) is 0 Å². The molecule has 1 saturated heterocycles. The van der Waals surface area contributed by atoms with Crippen LogP contribution in [0.4, 0.5) is 4.39 Å². The first-order chi connectivity index (χ1) is 12.8. The molecule has 2 N–H and O–H groups in total. The van der Waals surface area contributed by atoms with Gasteiger partial charge < -0.3 is 15.3 Å². The van der Waals surface area contributed by atoms with Crippen molar-refractivity contribution >= 4 is 29.1 Å². The third-order valence-corrected chi connectivity index (χ3v) is 5.53. The number of nitrogens with zero attached hydrogens (tertiary/aromatic N) is 1. The van der Waals surface area contributed by atoms with Crippen LogP contribution < -0.4 is 5.32 Å². The van der Waals surface area contributed by atoms with Gasteiger partial charge in [0.1, 0.15) is 5.82 Å². The molecular formula is C19H19FN2O4S. The van der Waals surface area contributed by atoms with E-state index in [9.17, 15) is 18.8 Å². The van der Waals surface area contributed by atoms with Crippen molar-refractivity contribution in [2.24, 2.45) is 0 Å². The lowest BCUT2D eigenvalue weighted by molar-refractivity contribution is 0.0678. The summed E-state index contributed by atoms with van der Waals surface area (Å²) < 4.78 is 14.1. The average molecular weight is 390 g/mol. The number of likely N-dealkylation sites (tertiary alicyclic amines) is 1. The normalized spacial score (nSPS) is 14.8. The standard InChI is InChI=1S/C19H19FN2O4S/c1-11-2-5-16(27-11)17(23)21-13-6-8-22(9-7-13)18(24)14-4-3-12(19(25)26)10-15(14)20/h2-5,10,13H,6-9H2,1H3,(H,21,23)(H,25,26). The number of aromatic carboxylic acids is 1. The number of benzene rings is 1. The second-order valence-electron chi connectivity index (χ2n) is 6.45. The molecule has 142 valence electrons. The van der Waals surface area contributed by atoms with Crippen LogP contribution in [0.25, 0.3) is 0 Å². The van der Waals surface area contributed by atoms with Gasteiger partial charge in [0.2, 0.25) is 0 Å². The predicted molar refractivity (Wildman–Crippen MR) is 98.8 cm³/mol. The Hall–Kier alpha value is -2.74. The predicted octanol–water partition coefficient (Wildman–Crippen LogP) is 2.93. The molecule has 0 bridgehead atoms. The monoisotopic (exact) mass is 390 g/mol. The van der Waals surface area contributed by atoms with Gasteiger partial charge in [-0.15, -0.1) is 11.3 Å². The van der Waals surface area contributed by atoms with Crippen LogP contribution in [0.3, 0.4) is 0 Å². The number of amides is 2. The first kappa shape index (κ1) is 19.0. The van der Waals surface area contributed by atoms with Crippen molar-refractivity contribution < 1.29 is 23.9 Å². The number of rotatable bonds is 4. The van der Waals surface area contributed by atoms with Gasteiger partial charge in [0.15, 0.2) is 0 Å². The molecule has 27 heavy (non-hydrogen) atoms. The lowest BCUT2D eigenvalue weighted by Gasteiger charge is -2.32. The Morgan fingerprint density at radius 2 is 1.89 bits per heavy atom. The second kappa shape index (κ2) is 7.87. The van der Waals surface area contributed by atoms with Gasteiger partial charge in [-0.25, -0.2) is 9.18 Å². The van der Waals surface area contributed by atoms with Crippen molar-refractivity contribution in [3.05, 3.63) is 57.0 Å². The third kappa shape index (κ3) is 4.33. The van der Waals surface area contributed by atoms with E-state index in [0.29, 0.717) is 30.8 Å². The Bertz CT molecular complexity index is 888. The number of carbonyl (C=O) groups is 3. The molecule has 1 fully saturated rings. The molecule has 0 atom stereocenters. The number of carboxylic acids is 1. The van der Waals surface area contributed by atoms with E-state index in [-0.39, 0.29) is 23.1 Å². The maximum atomic E-state index is 14.1. The third-order valence-electron chi connectivity index (χ3n) is 4.53. The molecule has 1 aromatic heterocycles. The Kier molecular flexibility index (Phi) is 5.55. The minimum absolute atomic E-state index is 0.0387. The van der Waals surface area contributed by atoms with Crippen LogP contribution in [0.2, 0.25) is 0 Å². The summed E-state index contributed by atoms with van der Waals surface area (Å²) in [5, 5.41) is 11.8. The highest BCUT2D eigenvalue weighted by Crippen LogP contribution is 2.19. The quantitative estimate of drug-likeness (QED) is 0.840. The fourth-order valence-electron chi connectivity index (χ4n) is 3.03. The number of aryl methyl sites for hydroxylation is 1. The van der Waals surface area contributed by atoms with Crippen LogP contribution in [0, 0.1) is 12.7 Å². The smallest absolute Gasteiger partial charge is 0.335 e. The molecular weight excluding hydrogens is 371 g/mol. The number of thiophene rings is 1. The van der Waals surface area contributed by atoms with Crippen molar-refractivity contribution in [3.8, 4) is 0 Å². The summed E-state index contributed by atoms with van der Waals surface area (Å²) in [5.74, 6) is -2.68. The molecule has 1 aliphatic rings. The van der Waals surface area contributed by atoms with E-state index in [1.165, 1.54) is 28.4 Å².